The largest absolute Gasteiger partial charge is 0.373 e. The number of nitrogens with zero attached hydrogens (tertiary/aromatic N) is 2. The van der Waals surface area contributed by atoms with E-state index in [1.54, 1.807) is 48.5 Å². The Kier molecular flexibility index (Phi) is 4.00. The summed E-state index contributed by atoms with van der Waals surface area (Å²) in [5.41, 5.74) is 1.49. The molecule has 1 atom stereocenters. The number of nitriles is 1. The van der Waals surface area contributed by atoms with Crippen molar-refractivity contribution in [2.75, 3.05) is 10.2 Å². The number of imide groups is 1. The third kappa shape index (κ3) is 2.89. The first kappa shape index (κ1) is 15.1. The molecule has 0 radical (unpaired) electrons. The maximum atomic E-state index is 12.5. The van der Waals surface area contributed by atoms with E-state index in [1.165, 1.54) is 0 Å². The van der Waals surface area contributed by atoms with Gasteiger partial charge in [0.05, 0.1) is 28.8 Å². The maximum Gasteiger partial charge on any atom is 0.256 e. The molecule has 1 saturated heterocycles. The molecule has 114 valence electrons. The molecule has 0 aliphatic carbocycles. The molecule has 1 heterocycles. The van der Waals surface area contributed by atoms with Gasteiger partial charge in [0.25, 0.3) is 5.91 Å². The molecule has 6 heteroatoms. The fourth-order valence-electron chi connectivity index (χ4n) is 2.51. The molecular weight excluding hydrogens is 314 g/mol. The predicted octanol–water partition coefficient (Wildman–Crippen LogP) is 2.96. The lowest BCUT2D eigenvalue weighted by Gasteiger charge is -2.17. The van der Waals surface area contributed by atoms with Crippen LogP contribution in [0.4, 0.5) is 11.4 Å². The minimum Gasteiger partial charge on any atom is -0.373 e. The van der Waals surface area contributed by atoms with Crippen molar-refractivity contribution in [2.24, 2.45) is 0 Å². The smallest absolute Gasteiger partial charge is 0.256 e. The fourth-order valence-corrected chi connectivity index (χ4v) is 2.73. The zero-order valence-electron chi connectivity index (χ0n) is 12.0. The molecule has 2 aromatic carbocycles. The average molecular weight is 326 g/mol. The Morgan fingerprint density at radius 2 is 1.96 bits per heavy atom. The summed E-state index contributed by atoms with van der Waals surface area (Å²) in [6, 6.07) is 14.9. The number of anilines is 2. The van der Waals surface area contributed by atoms with Crippen molar-refractivity contribution in [3.8, 4) is 6.07 Å². The number of carbonyl (C=O) groups is 2. The van der Waals surface area contributed by atoms with E-state index < -0.39 is 6.04 Å². The summed E-state index contributed by atoms with van der Waals surface area (Å²) in [5, 5.41) is 12.3. The summed E-state index contributed by atoms with van der Waals surface area (Å²) < 4.78 is 0. The second-order valence-electron chi connectivity index (χ2n) is 5.11. The molecule has 0 saturated carbocycles. The van der Waals surface area contributed by atoms with Crippen LogP contribution in [0.1, 0.15) is 12.0 Å². The van der Waals surface area contributed by atoms with Crippen molar-refractivity contribution < 1.29 is 9.59 Å². The minimum absolute atomic E-state index is 0.0425. The lowest BCUT2D eigenvalue weighted by molar-refractivity contribution is -0.121. The SMILES string of the molecule is N#Cc1cccc(N[C@@H]2CC(=O)N(c3ccccc3Cl)C2=O)c1. The van der Waals surface area contributed by atoms with Gasteiger partial charge in [-0.1, -0.05) is 29.8 Å². The number of amides is 2. The second-order valence-corrected chi connectivity index (χ2v) is 5.52. The van der Waals surface area contributed by atoms with Crippen LogP contribution >= 0.6 is 11.6 Å². The predicted molar refractivity (Wildman–Crippen MR) is 87.1 cm³/mol. The van der Waals surface area contributed by atoms with Crippen molar-refractivity contribution in [2.45, 2.75) is 12.5 Å². The van der Waals surface area contributed by atoms with Crippen LogP contribution in [0, 0.1) is 11.3 Å². The number of para-hydroxylation sites is 1. The molecule has 1 aliphatic heterocycles. The van der Waals surface area contributed by atoms with Crippen molar-refractivity contribution in [3.05, 3.63) is 59.1 Å². The zero-order chi connectivity index (χ0) is 16.4. The highest BCUT2D eigenvalue weighted by Gasteiger charge is 2.40. The zero-order valence-corrected chi connectivity index (χ0v) is 12.7. The molecular formula is C17H12ClN3O2. The van der Waals surface area contributed by atoms with E-state index in [4.69, 9.17) is 16.9 Å². The summed E-state index contributed by atoms with van der Waals surface area (Å²) in [5.74, 6) is -0.664. The van der Waals surface area contributed by atoms with Gasteiger partial charge in [-0.2, -0.15) is 5.26 Å². The lowest BCUT2D eigenvalue weighted by Crippen LogP contribution is -2.35. The van der Waals surface area contributed by atoms with Gasteiger partial charge in [-0.05, 0) is 30.3 Å². The first-order valence-electron chi connectivity index (χ1n) is 6.98. The van der Waals surface area contributed by atoms with Gasteiger partial charge >= 0.3 is 0 Å². The highest BCUT2D eigenvalue weighted by molar-refractivity contribution is 6.36. The number of rotatable bonds is 3. The Labute approximate surface area is 138 Å². The highest BCUT2D eigenvalue weighted by atomic mass is 35.5. The van der Waals surface area contributed by atoms with Crippen LogP contribution in [0.5, 0.6) is 0 Å². The molecule has 0 aromatic heterocycles. The molecule has 0 spiro atoms. The van der Waals surface area contributed by atoms with E-state index in [9.17, 15) is 9.59 Å². The summed E-state index contributed by atoms with van der Waals surface area (Å²) in [7, 11) is 0. The number of halogens is 1. The molecule has 23 heavy (non-hydrogen) atoms. The van der Waals surface area contributed by atoms with Crippen molar-refractivity contribution in [3.63, 3.8) is 0 Å². The molecule has 5 nitrogen and oxygen atoms in total. The van der Waals surface area contributed by atoms with E-state index in [-0.39, 0.29) is 18.2 Å². The molecule has 2 amide bonds. The number of hydrogen-bond donors (Lipinski definition) is 1. The van der Waals surface area contributed by atoms with E-state index in [2.05, 4.69) is 5.32 Å². The standard InChI is InChI=1S/C17H12ClN3O2/c18-13-6-1-2-7-15(13)21-16(22)9-14(17(21)23)20-12-5-3-4-11(8-12)10-19/h1-8,14,20H,9H2/t14-/m1/s1. The van der Waals surface area contributed by atoms with E-state index in [0.29, 0.717) is 22.0 Å². The average Bonchev–Trinajstić information content (AvgIpc) is 2.82. The van der Waals surface area contributed by atoms with Gasteiger partial charge < -0.3 is 5.32 Å². The summed E-state index contributed by atoms with van der Waals surface area (Å²) >= 11 is 6.08. The van der Waals surface area contributed by atoms with Crippen molar-refractivity contribution in [1.29, 1.82) is 5.26 Å². The minimum atomic E-state index is -0.673. The third-order valence-electron chi connectivity index (χ3n) is 3.57. The molecule has 3 rings (SSSR count). The number of nitrogens with one attached hydrogen (secondary N) is 1. The number of benzene rings is 2. The summed E-state index contributed by atoms with van der Waals surface area (Å²) in [6.07, 6.45) is 0.0425. The van der Waals surface area contributed by atoms with E-state index in [1.807, 2.05) is 6.07 Å². The first-order chi connectivity index (χ1) is 11.1. The normalized spacial score (nSPS) is 17.2. The van der Waals surface area contributed by atoms with Gasteiger partial charge in [-0.15, -0.1) is 0 Å². The quantitative estimate of drug-likeness (QED) is 0.880. The first-order valence-corrected chi connectivity index (χ1v) is 7.36. The highest BCUT2D eigenvalue weighted by Crippen LogP contribution is 2.30. The molecule has 1 N–H and O–H groups in total. The van der Waals surface area contributed by atoms with Crippen LogP contribution in [0.25, 0.3) is 0 Å². The molecule has 0 unspecified atom stereocenters. The Bertz CT molecular complexity index is 829. The molecule has 0 bridgehead atoms. The van der Waals surface area contributed by atoms with Gasteiger partial charge in [0.15, 0.2) is 0 Å². The van der Waals surface area contributed by atoms with Crippen molar-refractivity contribution >= 4 is 34.8 Å². The maximum absolute atomic E-state index is 12.5. The van der Waals surface area contributed by atoms with Crippen LogP contribution < -0.4 is 10.2 Å². The third-order valence-corrected chi connectivity index (χ3v) is 3.89. The van der Waals surface area contributed by atoms with Crippen LogP contribution in [-0.4, -0.2) is 17.9 Å². The molecule has 1 fully saturated rings. The Hall–Kier alpha value is -2.84. The summed E-state index contributed by atoms with van der Waals surface area (Å²) in [6.45, 7) is 0. The van der Waals surface area contributed by atoms with Gasteiger partial charge in [-0.25, -0.2) is 4.90 Å². The summed E-state index contributed by atoms with van der Waals surface area (Å²) in [4.78, 5) is 25.9. The molecule has 1 aliphatic rings. The Morgan fingerprint density at radius 3 is 2.70 bits per heavy atom. The van der Waals surface area contributed by atoms with Gasteiger partial charge in [-0.3, -0.25) is 9.59 Å². The van der Waals surface area contributed by atoms with E-state index in [0.717, 1.165) is 4.90 Å². The van der Waals surface area contributed by atoms with Gasteiger partial charge in [0.1, 0.15) is 6.04 Å². The van der Waals surface area contributed by atoms with Gasteiger partial charge in [0.2, 0.25) is 5.91 Å². The Morgan fingerprint density at radius 1 is 1.17 bits per heavy atom. The number of hydrogen-bond acceptors (Lipinski definition) is 4. The van der Waals surface area contributed by atoms with Crippen LogP contribution in [-0.2, 0) is 9.59 Å². The molecule has 2 aromatic rings. The van der Waals surface area contributed by atoms with Crippen molar-refractivity contribution in [1.82, 2.24) is 0 Å². The second kappa shape index (κ2) is 6.11. The fraction of sp³-hybridized carbons (Fsp3) is 0.118. The Balaban J connectivity index is 1.84. The number of carbonyl (C=O) groups excluding carboxylic acids is 2. The van der Waals surface area contributed by atoms with Crippen LogP contribution in [0.15, 0.2) is 48.5 Å². The van der Waals surface area contributed by atoms with Gasteiger partial charge in [0, 0.05) is 5.69 Å². The topological polar surface area (TPSA) is 73.2 Å². The van der Waals surface area contributed by atoms with E-state index >= 15 is 0 Å². The monoisotopic (exact) mass is 325 g/mol. The van der Waals surface area contributed by atoms with Crippen LogP contribution in [0.3, 0.4) is 0 Å². The van der Waals surface area contributed by atoms with Crippen LogP contribution in [0.2, 0.25) is 5.02 Å². The lowest BCUT2D eigenvalue weighted by atomic mass is 10.2.